The number of nitrogens with zero attached hydrogens (tertiary/aromatic N) is 3. The zero-order valence-corrected chi connectivity index (χ0v) is 8.53. The number of rotatable bonds is 1. The van der Waals surface area contributed by atoms with E-state index in [1.165, 1.54) is 6.20 Å². The van der Waals surface area contributed by atoms with Crippen molar-refractivity contribution in [2.75, 3.05) is 0 Å². The predicted molar refractivity (Wildman–Crippen MR) is 54.6 cm³/mol. The van der Waals surface area contributed by atoms with Crippen molar-refractivity contribution in [2.24, 2.45) is 0 Å². The van der Waals surface area contributed by atoms with Gasteiger partial charge in [0.05, 0.1) is 6.20 Å². The summed E-state index contributed by atoms with van der Waals surface area (Å²) in [6.07, 6.45) is 2.11. The standard InChI is InChI=1S/C10H10N4O/c1-3-8-6(2)14-9(13-10(8)15)7(4-11)5-12-14/h5H,3H2,1-2H3,(H,13,15). The Hall–Kier alpha value is -2.09. The molecule has 0 bridgehead atoms. The molecule has 0 aromatic carbocycles. The Morgan fingerprint density at radius 1 is 1.67 bits per heavy atom. The molecule has 1 N–H and O–H groups in total. The maximum Gasteiger partial charge on any atom is 0.254 e. The molecular formula is C10H10N4O. The average molecular weight is 202 g/mol. The van der Waals surface area contributed by atoms with Crippen LogP contribution in [0.15, 0.2) is 11.0 Å². The lowest BCUT2D eigenvalue weighted by Crippen LogP contribution is -2.17. The minimum absolute atomic E-state index is 0.139. The Labute approximate surface area is 86.0 Å². The molecule has 0 spiro atoms. The van der Waals surface area contributed by atoms with E-state index in [0.717, 1.165) is 5.69 Å². The quantitative estimate of drug-likeness (QED) is 0.742. The Morgan fingerprint density at radius 2 is 2.40 bits per heavy atom. The monoisotopic (exact) mass is 202 g/mol. The van der Waals surface area contributed by atoms with E-state index < -0.39 is 0 Å². The zero-order valence-electron chi connectivity index (χ0n) is 8.53. The van der Waals surface area contributed by atoms with Gasteiger partial charge in [-0.3, -0.25) is 4.79 Å². The molecule has 0 amide bonds. The minimum Gasteiger partial charge on any atom is -0.306 e. The van der Waals surface area contributed by atoms with Gasteiger partial charge < -0.3 is 4.98 Å². The second kappa shape index (κ2) is 3.24. The van der Waals surface area contributed by atoms with Gasteiger partial charge in [-0.15, -0.1) is 0 Å². The van der Waals surface area contributed by atoms with Crippen LogP contribution in [0.2, 0.25) is 0 Å². The second-order valence-electron chi connectivity index (χ2n) is 3.30. The molecule has 5 nitrogen and oxygen atoms in total. The maximum absolute atomic E-state index is 11.6. The first-order valence-electron chi connectivity index (χ1n) is 4.68. The molecular weight excluding hydrogens is 192 g/mol. The highest BCUT2D eigenvalue weighted by Crippen LogP contribution is 2.09. The first-order valence-corrected chi connectivity index (χ1v) is 4.68. The molecule has 2 rings (SSSR count). The van der Waals surface area contributed by atoms with Crippen LogP contribution < -0.4 is 5.56 Å². The number of fused-ring (bicyclic) bond motifs is 1. The lowest BCUT2D eigenvalue weighted by Gasteiger charge is -2.04. The molecule has 2 aromatic heterocycles. The molecule has 0 fully saturated rings. The van der Waals surface area contributed by atoms with Crippen LogP contribution in [-0.4, -0.2) is 14.6 Å². The number of hydrogen-bond acceptors (Lipinski definition) is 3. The van der Waals surface area contributed by atoms with Crippen molar-refractivity contribution in [3.8, 4) is 6.07 Å². The number of H-pyrrole nitrogens is 1. The average Bonchev–Trinajstić information content (AvgIpc) is 2.61. The SMILES string of the molecule is CCc1c(C)n2ncc(C#N)c2[nH]c1=O. The maximum atomic E-state index is 11.6. The van der Waals surface area contributed by atoms with Crippen LogP contribution in [0, 0.1) is 18.3 Å². The third kappa shape index (κ3) is 1.22. The Bertz CT molecular complexity index is 615. The normalized spacial score (nSPS) is 10.5. The van der Waals surface area contributed by atoms with Gasteiger partial charge in [-0.1, -0.05) is 6.92 Å². The lowest BCUT2D eigenvalue weighted by molar-refractivity contribution is 0.851. The van der Waals surface area contributed by atoms with Crippen molar-refractivity contribution >= 4 is 5.65 Å². The van der Waals surface area contributed by atoms with Crippen molar-refractivity contribution in [3.63, 3.8) is 0 Å². The van der Waals surface area contributed by atoms with Crippen molar-refractivity contribution in [2.45, 2.75) is 20.3 Å². The summed E-state index contributed by atoms with van der Waals surface area (Å²) < 4.78 is 1.60. The molecule has 0 radical (unpaired) electrons. The van der Waals surface area contributed by atoms with E-state index in [4.69, 9.17) is 5.26 Å². The number of hydrogen-bond donors (Lipinski definition) is 1. The third-order valence-electron chi connectivity index (χ3n) is 2.50. The summed E-state index contributed by atoms with van der Waals surface area (Å²) in [6, 6.07) is 1.99. The van der Waals surface area contributed by atoms with E-state index in [1.807, 2.05) is 19.9 Å². The van der Waals surface area contributed by atoms with Crippen molar-refractivity contribution in [3.05, 3.63) is 33.4 Å². The molecule has 0 saturated heterocycles. The van der Waals surface area contributed by atoms with Gasteiger partial charge in [-0.2, -0.15) is 10.4 Å². The summed E-state index contributed by atoms with van der Waals surface area (Å²) >= 11 is 0. The predicted octanol–water partition coefficient (Wildman–Crippen LogP) is 0.765. The van der Waals surface area contributed by atoms with Gasteiger partial charge in [0.25, 0.3) is 5.56 Å². The molecule has 0 atom stereocenters. The number of nitriles is 1. The summed E-state index contributed by atoms with van der Waals surface area (Å²) in [5, 5.41) is 12.9. The van der Waals surface area contributed by atoms with Crippen LogP contribution in [0.3, 0.4) is 0 Å². The van der Waals surface area contributed by atoms with Gasteiger partial charge in [-0.05, 0) is 13.3 Å². The fourth-order valence-corrected chi connectivity index (χ4v) is 1.70. The largest absolute Gasteiger partial charge is 0.306 e. The van der Waals surface area contributed by atoms with Gasteiger partial charge in [0, 0.05) is 11.3 Å². The van der Waals surface area contributed by atoms with Crippen LogP contribution in [0.4, 0.5) is 0 Å². The Balaban J connectivity index is 2.95. The zero-order chi connectivity index (χ0) is 11.0. The van der Waals surface area contributed by atoms with Gasteiger partial charge in [0.1, 0.15) is 11.6 Å². The molecule has 2 heterocycles. The van der Waals surface area contributed by atoms with Crippen LogP contribution >= 0.6 is 0 Å². The first kappa shape index (κ1) is 9.46. The number of aromatic nitrogens is 3. The Kier molecular flexibility index (Phi) is 2.05. The smallest absolute Gasteiger partial charge is 0.254 e. The van der Waals surface area contributed by atoms with Gasteiger partial charge in [0.15, 0.2) is 5.65 Å². The van der Waals surface area contributed by atoms with E-state index in [-0.39, 0.29) is 5.56 Å². The third-order valence-corrected chi connectivity index (χ3v) is 2.50. The van der Waals surface area contributed by atoms with E-state index in [2.05, 4.69) is 10.1 Å². The van der Waals surface area contributed by atoms with Crippen molar-refractivity contribution < 1.29 is 0 Å². The van der Waals surface area contributed by atoms with Gasteiger partial charge in [0.2, 0.25) is 0 Å². The minimum atomic E-state index is -0.139. The molecule has 0 saturated carbocycles. The van der Waals surface area contributed by atoms with Gasteiger partial charge >= 0.3 is 0 Å². The summed E-state index contributed by atoms with van der Waals surface area (Å²) in [6.45, 7) is 3.74. The molecule has 0 aliphatic rings. The van der Waals surface area contributed by atoms with Crippen LogP contribution in [0.5, 0.6) is 0 Å². The molecule has 0 aliphatic carbocycles. The molecule has 0 unspecified atom stereocenters. The first-order chi connectivity index (χ1) is 7.19. The highest BCUT2D eigenvalue weighted by Gasteiger charge is 2.11. The topological polar surface area (TPSA) is 74.0 Å². The fourth-order valence-electron chi connectivity index (χ4n) is 1.70. The second-order valence-corrected chi connectivity index (χ2v) is 3.30. The van der Waals surface area contributed by atoms with E-state index >= 15 is 0 Å². The highest BCUT2D eigenvalue weighted by atomic mass is 16.1. The van der Waals surface area contributed by atoms with Crippen LogP contribution in [0.25, 0.3) is 5.65 Å². The molecule has 5 heteroatoms. The van der Waals surface area contributed by atoms with E-state index in [1.54, 1.807) is 4.52 Å². The summed E-state index contributed by atoms with van der Waals surface area (Å²) in [5.74, 6) is 0. The van der Waals surface area contributed by atoms with Crippen molar-refractivity contribution in [1.29, 1.82) is 5.26 Å². The van der Waals surface area contributed by atoms with Gasteiger partial charge in [-0.25, -0.2) is 4.52 Å². The van der Waals surface area contributed by atoms with Crippen LogP contribution in [0.1, 0.15) is 23.7 Å². The lowest BCUT2D eigenvalue weighted by atomic mass is 10.2. The molecule has 15 heavy (non-hydrogen) atoms. The highest BCUT2D eigenvalue weighted by molar-refractivity contribution is 5.54. The molecule has 76 valence electrons. The molecule has 0 aliphatic heterocycles. The van der Waals surface area contributed by atoms with Crippen molar-refractivity contribution in [1.82, 2.24) is 14.6 Å². The number of aryl methyl sites for hydroxylation is 1. The summed E-state index contributed by atoms with van der Waals surface area (Å²) in [4.78, 5) is 14.3. The molecule has 2 aromatic rings. The summed E-state index contributed by atoms with van der Waals surface area (Å²) in [7, 11) is 0. The van der Waals surface area contributed by atoms with Crippen LogP contribution in [-0.2, 0) is 6.42 Å². The fraction of sp³-hybridized carbons (Fsp3) is 0.300. The van der Waals surface area contributed by atoms with E-state index in [0.29, 0.717) is 23.2 Å². The summed E-state index contributed by atoms with van der Waals surface area (Å²) in [5.41, 5.74) is 2.21. The van der Waals surface area contributed by atoms with E-state index in [9.17, 15) is 4.79 Å². The number of nitrogens with one attached hydrogen (secondary N) is 1. The number of aromatic amines is 1. The Morgan fingerprint density at radius 3 is 3.00 bits per heavy atom.